The zero-order valence-electron chi connectivity index (χ0n) is 14.8. The van der Waals surface area contributed by atoms with Gasteiger partial charge in [0.25, 0.3) is 11.6 Å². The summed E-state index contributed by atoms with van der Waals surface area (Å²) < 4.78 is 4.80. The molecule has 0 heterocycles. The third kappa shape index (κ3) is 7.05. The van der Waals surface area contributed by atoms with Crippen molar-refractivity contribution in [3.8, 4) is 0 Å². The molecule has 0 aliphatic carbocycles. The van der Waals surface area contributed by atoms with Crippen LogP contribution in [0.5, 0.6) is 0 Å². The largest absolute Gasteiger partial charge is 0.456 e. The second kappa shape index (κ2) is 10.4. The summed E-state index contributed by atoms with van der Waals surface area (Å²) >= 11 is 11.8. The quantitative estimate of drug-likeness (QED) is 0.365. The molecule has 0 aliphatic rings. The number of ether oxygens (including phenoxy) is 1. The molecule has 0 bridgehead atoms. The van der Waals surface area contributed by atoms with E-state index in [2.05, 4.69) is 10.6 Å². The van der Waals surface area contributed by atoms with Crippen LogP contribution in [-0.4, -0.2) is 29.3 Å². The molecule has 0 spiro atoms. The van der Waals surface area contributed by atoms with Gasteiger partial charge in [0.1, 0.15) is 0 Å². The Morgan fingerprint density at radius 1 is 1.00 bits per heavy atom. The van der Waals surface area contributed by atoms with Crippen molar-refractivity contribution in [2.75, 3.05) is 17.2 Å². The van der Waals surface area contributed by atoms with Crippen molar-refractivity contribution >= 4 is 58.0 Å². The van der Waals surface area contributed by atoms with E-state index in [9.17, 15) is 24.5 Å². The molecule has 152 valence electrons. The van der Waals surface area contributed by atoms with Gasteiger partial charge in [0, 0.05) is 24.2 Å². The standard InChI is InChI=1S/C18H15Cl2N3O6/c19-13-5-2-6-14(18(13)20)22-16(25)10-29-17(26)8-7-15(24)21-11-3-1-4-12(9-11)23(27)28/h1-6,9H,7-8,10H2,(H,21,24)(H,22,25). The number of hydrogen-bond acceptors (Lipinski definition) is 6. The first kappa shape index (κ1) is 22.1. The lowest BCUT2D eigenvalue weighted by molar-refractivity contribution is -0.384. The summed E-state index contributed by atoms with van der Waals surface area (Å²) in [4.78, 5) is 45.5. The molecule has 0 radical (unpaired) electrons. The minimum Gasteiger partial charge on any atom is -0.456 e. The number of esters is 1. The van der Waals surface area contributed by atoms with Gasteiger partial charge in [-0.3, -0.25) is 24.5 Å². The van der Waals surface area contributed by atoms with Gasteiger partial charge in [-0.1, -0.05) is 35.3 Å². The number of anilines is 2. The highest BCUT2D eigenvalue weighted by atomic mass is 35.5. The highest BCUT2D eigenvalue weighted by Crippen LogP contribution is 2.29. The number of nitro groups is 1. The molecule has 0 atom stereocenters. The fourth-order valence-electron chi connectivity index (χ4n) is 2.14. The van der Waals surface area contributed by atoms with Crippen LogP contribution in [0.4, 0.5) is 17.1 Å². The average Bonchev–Trinajstić information content (AvgIpc) is 2.68. The number of nitrogens with zero attached hydrogens (tertiary/aromatic N) is 1. The topological polar surface area (TPSA) is 128 Å². The number of hydrogen-bond donors (Lipinski definition) is 2. The number of non-ortho nitro benzene ring substituents is 1. The van der Waals surface area contributed by atoms with Crippen molar-refractivity contribution in [2.45, 2.75) is 12.8 Å². The van der Waals surface area contributed by atoms with Gasteiger partial charge < -0.3 is 15.4 Å². The highest BCUT2D eigenvalue weighted by molar-refractivity contribution is 6.44. The highest BCUT2D eigenvalue weighted by Gasteiger charge is 2.13. The van der Waals surface area contributed by atoms with Gasteiger partial charge in [-0.25, -0.2) is 0 Å². The van der Waals surface area contributed by atoms with E-state index in [1.54, 1.807) is 12.1 Å². The fourth-order valence-corrected chi connectivity index (χ4v) is 2.49. The van der Waals surface area contributed by atoms with Gasteiger partial charge in [0.05, 0.1) is 27.1 Å². The number of rotatable bonds is 8. The van der Waals surface area contributed by atoms with Crippen LogP contribution in [0.3, 0.4) is 0 Å². The average molecular weight is 440 g/mol. The first-order valence-corrected chi connectivity index (χ1v) is 8.95. The summed E-state index contributed by atoms with van der Waals surface area (Å²) in [6.07, 6.45) is -0.491. The molecule has 2 rings (SSSR count). The summed E-state index contributed by atoms with van der Waals surface area (Å²) in [7, 11) is 0. The zero-order chi connectivity index (χ0) is 21.4. The zero-order valence-corrected chi connectivity index (χ0v) is 16.3. The molecular weight excluding hydrogens is 425 g/mol. The number of benzene rings is 2. The maximum absolute atomic E-state index is 11.9. The van der Waals surface area contributed by atoms with E-state index in [0.717, 1.165) is 0 Å². The fraction of sp³-hybridized carbons (Fsp3) is 0.167. The molecule has 0 unspecified atom stereocenters. The Bertz CT molecular complexity index is 951. The Morgan fingerprint density at radius 3 is 2.45 bits per heavy atom. The van der Waals surface area contributed by atoms with Gasteiger partial charge >= 0.3 is 5.97 Å². The van der Waals surface area contributed by atoms with E-state index < -0.39 is 29.3 Å². The molecule has 0 saturated heterocycles. The Labute approximate surface area is 175 Å². The Kier molecular flexibility index (Phi) is 7.93. The number of nitrogens with one attached hydrogen (secondary N) is 2. The van der Waals surface area contributed by atoms with Gasteiger partial charge in [0.15, 0.2) is 6.61 Å². The summed E-state index contributed by atoms with van der Waals surface area (Å²) in [6.45, 7) is -0.561. The van der Waals surface area contributed by atoms with Gasteiger partial charge in [-0.05, 0) is 18.2 Å². The second-order valence-electron chi connectivity index (χ2n) is 5.67. The minimum absolute atomic E-state index is 0.159. The van der Waals surface area contributed by atoms with Crippen LogP contribution in [0.1, 0.15) is 12.8 Å². The molecule has 2 N–H and O–H groups in total. The van der Waals surface area contributed by atoms with Crippen LogP contribution < -0.4 is 10.6 Å². The molecule has 9 nitrogen and oxygen atoms in total. The van der Waals surface area contributed by atoms with Crippen LogP contribution in [0.25, 0.3) is 0 Å². The van der Waals surface area contributed by atoms with Crippen molar-refractivity contribution in [2.24, 2.45) is 0 Å². The van der Waals surface area contributed by atoms with E-state index in [0.29, 0.717) is 0 Å². The lowest BCUT2D eigenvalue weighted by atomic mass is 10.2. The van der Waals surface area contributed by atoms with E-state index in [-0.39, 0.29) is 39.9 Å². The van der Waals surface area contributed by atoms with Gasteiger partial charge in [-0.2, -0.15) is 0 Å². The SMILES string of the molecule is O=C(CCC(=O)OCC(=O)Nc1cccc(Cl)c1Cl)Nc1cccc([N+](=O)[O-])c1. The van der Waals surface area contributed by atoms with Crippen molar-refractivity contribution < 1.29 is 24.0 Å². The minimum atomic E-state index is -0.758. The molecule has 2 aromatic carbocycles. The van der Waals surface area contributed by atoms with Gasteiger partial charge in [0.2, 0.25) is 5.91 Å². The predicted octanol–water partition coefficient (Wildman–Crippen LogP) is 3.80. The molecule has 0 aliphatic heterocycles. The Morgan fingerprint density at radius 2 is 1.72 bits per heavy atom. The van der Waals surface area contributed by atoms with Crippen LogP contribution >= 0.6 is 23.2 Å². The van der Waals surface area contributed by atoms with Crippen LogP contribution in [0, 0.1) is 10.1 Å². The maximum atomic E-state index is 11.9. The van der Waals surface area contributed by atoms with Crippen molar-refractivity contribution in [1.82, 2.24) is 0 Å². The first-order chi connectivity index (χ1) is 13.8. The van der Waals surface area contributed by atoms with Gasteiger partial charge in [-0.15, -0.1) is 0 Å². The summed E-state index contributed by atoms with van der Waals surface area (Å²) in [5.74, 6) is -1.91. The third-order valence-electron chi connectivity index (χ3n) is 3.49. The normalized spacial score (nSPS) is 10.1. The molecule has 2 amide bonds. The van der Waals surface area contributed by atoms with Crippen molar-refractivity contribution in [3.05, 3.63) is 62.6 Å². The lowest BCUT2D eigenvalue weighted by Crippen LogP contribution is -2.22. The Balaban J connectivity index is 1.74. The van der Waals surface area contributed by atoms with E-state index in [1.165, 1.54) is 30.3 Å². The third-order valence-corrected chi connectivity index (χ3v) is 4.31. The predicted molar refractivity (Wildman–Crippen MR) is 107 cm³/mol. The van der Waals surface area contributed by atoms with Crippen LogP contribution in [-0.2, 0) is 19.1 Å². The van der Waals surface area contributed by atoms with E-state index >= 15 is 0 Å². The van der Waals surface area contributed by atoms with Crippen molar-refractivity contribution in [1.29, 1.82) is 0 Å². The Hall–Kier alpha value is -3.17. The van der Waals surface area contributed by atoms with E-state index in [4.69, 9.17) is 27.9 Å². The number of amides is 2. The molecule has 0 aromatic heterocycles. The molecule has 2 aromatic rings. The molecule has 0 saturated carbocycles. The molecule has 11 heteroatoms. The monoisotopic (exact) mass is 439 g/mol. The first-order valence-electron chi connectivity index (χ1n) is 8.20. The summed E-state index contributed by atoms with van der Waals surface area (Å²) in [6, 6.07) is 10.1. The molecule has 0 fully saturated rings. The number of carbonyl (C=O) groups is 3. The number of carbonyl (C=O) groups excluding carboxylic acids is 3. The second-order valence-corrected chi connectivity index (χ2v) is 6.45. The molecule has 29 heavy (non-hydrogen) atoms. The maximum Gasteiger partial charge on any atom is 0.306 e. The van der Waals surface area contributed by atoms with Crippen LogP contribution in [0.2, 0.25) is 10.0 Å². The van der Waals surface area contributed by atoms with Crippen LogP contribution in [0.15, 0.2) is 42.5 Å². The number of halogens is 2. The number of nitro benzene ring substituents is 1. The van der Waals surface area contributed by atoms with E-state index in [1.807, 2.05) is 0 Å². The molecular formula is C18H15Cl2N3O6. The summed E-state index contributed by atoms with van der Waals surface area (Å²) in [5, 5.41) is 16.0. The lowest BCUT2D eigenvalue weighted by Gasteiger charge is -2.09. The smallest absolute Gasteiger partial charge is 0.306 e. The van der Waals surface area contributed by atoms with Crippen molar-refractivity contribution in [3.63, 3.8) is 0 Å². The summed E-state index contributed by atoms with van der Waals surface area (Å²) in [5.41, 5.74) is 0.333.